The van der Waals surface area contributed by atoms with Gasteiger partial charge in [0.15, 0.2) is 0 Å². The van der Waals surface area contributed by atoms with Gasteiger partial charge in [0.05, 0.1) is 6.10 Å². The lowest BCUT2D eigenvalue weighted by atomic mass is 9.79. The van der Waals surface area contributed by atoms with Crippen molar-refractivity contribution in [3.63, 3.8) is 0 Å². The molecule has 0 heterocycles. The molecule has 3 atom stereocenters. The van der Waals surface area contributed by atoms with Crippen molar-refractivity contribution in [3.8, 4) is 0 Å². The second-order valence-corrected chi connectivity index (χ2v) is 5.24. The molecule has 0 bridgehead atoms. The number of rotatable bonds is 5. The number of hydrogen-bond acceptors (Lipinski definition) is 3. The average Bonchev–Trinajstić information content (AvgIpc) is 2.44. The summed E-state index contributed by atoms with van der Waals surface area (Å²) in [7, 11) is 1.74. The Morgan fingerprint density at radius 2 is 2.22 bits per heavy atom. The van der Waals surface area contributed by atoms with Gasteiger partial charge in [0.2, 0.25) is 0 Å². The monoisotopic (exact) mass is 248 g/mol. The second kappa shape index (κ2) is 6.32. The lowest BCUT2D eigenvalue weighted by Gasteiger charge is -2.30. The van der Waals surface area contributed by atoms with E-state index in [4.69, 9.17) is 10.6 Å². The molecule has 1 aliphatic carbocycles. The Morgan fingerprint density at radius 3 is 2.94 bits per heavy atom. The molecular weight excluding hydrogens is 224 g/mol. The third-order valence-electron chi connectivity index (χ3n) is 4.18. The lowest BCUT2D eigenvalue weighted by Crippen LogP contribution is -2.44. The van der Waals surface area contributed by atoms with Gasteiger partial charge in [-0.15, -0.1) is 0 Å². The Labute approximate surface area is 110 Å². The quantitative estimate of drug-likeness (QED) is 0.621. The van der Waals surface area contributed by atoms with E-state index in [-0.39, 0.29) is 12.1 Å². The Balaban J connectivity index is 2.10. The summed E-state index contributed by atoms with van der Waals surface area (Å²) >= 11 is 0. The molecule has 1 aromatic carbocycles. The maximum atomic E-state index is 5.66. The summed E-state index contributed by atoms with van der Waals surface area (Å²) in [5, 5.41) is 0. The minimum atomic E-state index is 0.143. The molecule has 0 saturated heterocycles. The predicted molar refractivity (Wildman–Crippen MR) is 74.3 cm³/mol. The summed E-state index contributed by atoms with van der Waals surface area (Å²) in [6, 6.07) is 9.02. The first-order chi connectivity index (χ1) is 8.76. The summed E-state index contributed by atoms with van der Waals surface area (Å²) in [5.41, 5.74) is 5.92. The first-order valence-corrected chi connectivity index (χ1v) is 6.83. The molecule has 18 heavy (non-hydrogen) atoms. The molecule has 100 valence electrons. The van der Waals surface area contributed by atoms with E-state index in [1.54, 1.807) is 7.11 Å². The molecule has 0 aliphatic heterocycles. The molecule has 0 amide bonds. The standard InChI is InChI=1S/C15H24N2O/c1-11(18-2)15(17-16)10-13-8-5-7-12-6-3-4-9-14(12)13/h3-4,6,9,11,13,15,17H,5,7-8,10,16H2,1-2H3. The number of nitrogens with two attached hydrogens (primary N) is 1. The first kappa shape index (κ1) is 13.5. The van der Waals surface area contributed by atoms with Crippen LogP contribution in [0.2, 0.25) is 0 Å². The maximum absolute atomic E-state index is 5.66. The van der Waals surface area contributed by atoms with E-state index in [1.807, 2.05) is 0 Å². The van der Waals surface area contributed by atoms with Gasteiger partial charge in [-0.25, -0.2) is 0 Å². The minimum absolute atomic E-state index is 0.143. The molecule has 1 aliphatic rings. The van der Waals surface area contributed by atoms with Gasteiger partial charge in [0, 0.05) is 13.2 Å². The Morgan fingerprint density at radius 1 is 1.44 bits per heavy atom. The van der Waals surface area contributed by atoms with Crippen molar-refractivity contribution >= 4 is 0 Å². The number of benzene rings is 1. The van der Waals surface area contributed by atoms with Crippen LogP contribution in [0, 0.1) is 0 Å². The van der Waals surface area contributed by atoms with Crippen molar-refractivity contribution in [1.82, 2.24) is 5.43 Å². The van der Waals surface area contributed by atoms with Crippen molar-refractivity contribution < 1.29 is 4.74 Å². The van der Waals surface area contributed by atoms with Crippen molar-refractivity contribution in [2.45, 2.75) is 50.7 Å². The van der Waals surface area contributed by atoms with Crippen molar-refractivity contribution in [1.29, 1.82) is 0 Å². The highest BCUT2D eigenvalue weighted by Crippen LogP contribution is 2.35. The number of nitrogens with one attached hydrogen (secondary N) is 1. The zero-order valence-electron chi connectivity index (χ0n) is 11.4. The molecule has 2 rings (SSSR count). The largest absolute Gasteiger partial charge is 0.380 e. The lowest BCUT2D eigenvalue weighted by molar-refractivity contribution is 0.0767. The fraction of sp³-hybridized carbons (Fsp3) is 0.600. The van der Waals surface area contributed by atoms with Crippen LogP contribution < -0.4 is 11.3 Å². The molecule has 3 heteroatoms. The van der Waals surface area contributed by atoms with E-state index in [9.17, 15) is 0 Å². The number of methoxy groups -OCH3 is 1. The van der Waals surface area contributed by atoms with Crippen LogP contribution in [-0.2, 0) is 11.2 Å². The van der Waals surface area contributed by atoms with Crippen LogP contribution in [-0.4, -0.2) is 19.3 Å². The number of fused-ring (bicyclic) bond motifs is 1. The average molecular weight is 248 g/mol. The van der Waals surface area contributed by atoms with Crippen LogP contribution in [0.15, 0.2) is 24.3 Å². The fourth-order valence-electron chi connectivity index (χ4n) is 2.97. The number of aryl methyl sites for hydroxylation is 1. The fourth-order valence-corrected chi connectivity index (χ4v) is 2.97. The van der Waals surface area contributed by atoms with Gasteiger partial charge >= 0.3 is 0 Å². The van der Waals surface area contributed by atoms with Crippen molar-refractivity contribution in [2.75, 3.05) is 7.11 Å². The van der Waals surface area contributed by atoms with Crippen molar-refractivity contribution in [3.05, 3.63) is 35.4 Å². The van der Waals surface area contributed by atoms with E-state index >= 15 is 0 Å². The topological polar surface area (TPSA) is 47.3 Å². The molecule has 0 saturated carbocycles. The Hall–Kier alpha value is -0.900. The molecule has 0 spiro atoms. The second-order valence-electron chi connectivity index (χ2n) is 5.24. The molecule has 1 aromatic rings. The third kappa shape index (κ3) is 2.91. The molecule has 3 nitrogen and oxygen atoms in total. The molecule has 0 aromatic heterocycles. The normalized spacial score (nSPS) is 22.3. The third-order valence-corrected chi connectivity index (χ3v) is 4.18. The van der Waals surface area contributed by atoms with Gasteiger partial charge in [0.25, 0.3) is 0 Å². The van der Waals surface area contributed by atoms with Crippen LogP contribution in [0.4, 0.5) is 0 Å². The van der Waals surface area contributed by atoms with Gasteiger partial charge in [-0.05, 0) is 49.7 Å². The van der Waals surface area contributed by atoms with Gasteiger partial charge in [0.1, 0.15) is 0 Å². The van der Waals surface area contributed by atoms with E-state index in [0.717, 1.165) is 6.42 Å². The first-order valence-electron chi connectivity index (χ1n) is 6.83. The van der Waals surface area contributed by atoms with Crippen LogP contribution >= 0.6 is 0 Å². The van der Waals surface area contributed by atoms with Gasteiger partial charge < -0.3 is 4.74 Å². The van der Waals surface area contributed by atoms with Crippen LogP contribution in [0.5, 0.6) is 0 Å². The van der Waals surface area contributed by atoms with E-state index < -0.39 is 0 Å². The Bertz CT molecular complexity index is 381. The van der Waals surface area contributed by atoms with E-state index in [1.165, 1.54) is 30.4 Å². The smallest absolute Gasteiger partial charge is 0.0709 e. The highest BCUT2D eigenvalue weighted by atomic mass is 16.5. The molecule has 3 N–H and O–H groups in total. The summed E-state index contributed by atoms with van der Waals surface area (Å²) in [6.07, 6.45) is 4.94. The van der Waals surface area contributed by atoms with Crippen LogP contribution in [0.25, 0.3) is 0 Å². The van der Waals surface area contributed by atoms with E-state index in [2.05, 4.69) is 36.6 Å². The highest BCUT2D eigenvalue weighted by Gasteiger charge is 2.25. The highest BCUT2D eigenvalue weighted by molar-refractivity contribution is 5.32. The Kier molecular flexibility index (Phi) is 4.75. The predicted octanol–water partition coefficient (Wildman–Crippen LogP) is 2.36. The zero-order chi connectivity index (χ0) is 13.0. The van der Waals surface area contributed by atoms with Crippen LogP contribution in [0.3, 0.4) is 0 Å². The number of hydrogen-bond donors (Lipinski definition) is 2. The summed E-state index contributed by atoms with van der Waals surface area (Å²) < 4.78 is 5.39. The van der Waals surface area contributed by atoms with E-state index in [0.29, 0.717) is 5.92 Å². The molecule has 0 fully saturated rings. The van der Waals surface area contributed by atoms with Crippen LogP contribution in [0.1, 0.15) is 43.2 Å². The molecule has 0 radical (unpaired) electrons. The van der Waals surface area contributed by atoms with Gasteiger partial charge in [-0.3, -0.25) is 11.3 Å². The number of ether oxygens (including phenoxy) is 1. The van der Waals surface area contributed by atoms with Gasteiger partial charge in [-0.1, -0.05) is 24.3 Å². The van der Waals surface area contributed by atoms with Crippen molar-refractivity contribution in [2.24, 2.45) is 5.84 Å². The maximum Gasteiger partial charge on any atom is 0.0709 e. The SMILES string of the molecule is COC(C)C(CC1CCCc2ccccc21)NN. The minimum Gasteiger partial charge on any atom is -0.380 e. The van der Waals surface area contributed by atoms with Gasteiger partial charge in [-0.2, -0.15) is 0 Å². The molecular formula is C15H24N2O. The summed E-state index contributed by atoms with van der Waals surface area (Å²) in [6.45, 7) is 2.07. The molecule has 3 unspecified atom stereocenters. The number of hydrazine groups is 1. The summed E-state index contributed by atoms with van der Waals surface area (Å²) in [5.74, 6) is 6.26. The summed E-state index contributed by atoms with van der Waals surface area (Å²) in [4.78, 5) is 0. The zero-order valence-corrected chi connectivity index (χ0v) is 11.4.